The van der Waals surface area contributed by atoms with Gasteiger partial charge in [0.1, 0.15) is 0 Å². The number of rotatable bonds is 5. The highest BCUT2D eigenvalue weighted by Crippen LogP contribution is 2.49. The number of hydrogen-bond donors (Lipinski definition) is 1. The first kappa shape index (κ1) is 20.1. The molecule has 0 unspecified atom stereocenters. The minimum Gasteiger partial charge on any atom is -0.481 e. The number of aryl methyl sites for hydroxylation is 1. The summed E-state index contributed by atoms with van der Waals surface area (Å²) in [5.41, 5.74) is 0.208. The lowest BCUT2D eigenvalue weighted by molar-refractivity contribution is -0.0362. The third-order valence-corrected chi connectivity index (χ3v) is 7.92. The number of sulfonamides is 1. The smallest absolute Gasteiger partial charge is 0.319 e. The summed E-state index contributed by atoms with van der Waals surface area (Å²) >= 11 is 0. The molecule has 2 saturated heterocycles. The van der Waals surface area contributed by atoms with Crippen molar-refractivity contribution < 1.29 is 23.0 Å². The van der Waals surface area contributed by atoms with Gasteiger partial charge in [-0.15, -0.1) is 0 Å². The minimum absolute atomic E-state index is 0.150. The van der Waals surface area contributed by atoms with Gasteiger partial charge in [-0.05, 0) is 44.7 Å². The average Bonchev–Trinajstić information content (AvgIpc) is 3.01. The molecule has 156 valence electrons. The number of aliphatic hydroxyl groups is 1. The molecule has 3 heterocycles. The molecule has 0 amide bonds. The Labute approximate surface area is 170 Å². The van der Waals surface area contributed by atoms with Crippen LogP contribution in [0.4, 0.5) is 0 Å². The van der Waals surface area contributed by atoms with Crippen LogP contribution in [0.1, 0.15) is 36.8 Å². The van der Waals surface area contributed by atoms with Crippen LogP contribution >= 0.6 is 0 Å². The Balaban J connectivity index is 1.66. The van der Waals surface area contributed by atoms with Crippen molar-refractivity contribution in [3.8, 4) is 11.9 Å². The van der Waals surface area contributed by atoms with E-state index in [1.54, 1.807) is 28.6 Å². The molecule has 0 saturated carbocycles. The van der Waals surface area contributed by atoms with E-state index in [0.717, 1.165) is 5.56 Å². The number of ether oxygens (including phenoxy) is 2. The number of benzene rings is 1. The monoisotopic (exact) mass is 419 g/mol. The van der Waals surface area contributed by atoms with Gasteiger partial charge in [0.15, 0.2) is 0 Å². The van der Waals surface area contributed by atoms with Crippen LogP contribution in [0, 0.1) is 6.92 Å². The summed E-state index contributed by atoms with van der Waals surface area (Å²) < 4.78 is 38.6. The minimum atomic E-state index is -3.63. The van der Waals surface area contributed by atoms with Crippen LogP contribution in [0.5, 0.6) is 11.9 Å². The van der Waals surface area contributed by atoms with E-state index < -0.39 is 15.6 Å². The van der Waals surface area contributed by atoms with Crippen molar-refractivity contribution in [2.75, 3.05) is 14.2 Å². The zero-order valence-electron chi connectivity index (χ0n) is 16.7. The van der Waals surface area contributed by atoms with Gasteiger partial charge in [0, 0.05) is 18.3 Å². The molecular formula is C20H25N3O5S. The summed E-state index contributed by atoms with van der Waals surface area (Å²) in [5, 5.41) is 11.5. The molecule has 2 fully saturated rings. The van der Waals surface area contributed by atoms with E-state index in [-0.39, 0.29) is 41.7 Å². The Morgan fingerprint density at radius 3 is 2.28 bits per heavy atom. The van der Waals surface area contributed by atoms with Crippen LogP contribution in [0.3, 0.4) is 0 Å². The second-order valence-corrected chi connectivity index (χ2v) is 9.60. The zero-order valence-corrected chi connectivity index (χ0v) is 17.5. The summed E-state index contributed by atoms with van der Waals surface area (Å²) in [5.74, 6) is 0.244. The van der Waals surface area contributed by atoms with Crippen LogP contribution in [0.2, 0.25) is 0 Å². The molecule has 1 aromatic carbocycles. The highest BCUT2D eigenvalue weighted by molar-refractivity contribution is 7.89. The van der Waals surface area contributed by atoms with Crippen molar-refractivity contribution >= 4 is 10.0 Å². The molecule has 1 N–H and O–H groups in total. The molecule has 0 spiro atoms. The number of nitrogens with zero attached hydrogens (tertiary/aromatic N) is 3. The number of aromatic nitrogens is 2. The number of fused-ring (bicyclic) bond motifs is 2. The highest BCUT2D eigenvalue weighted by Gasteiger charge is 2.53. The van der Waals surface area contributed by atoms with E-state index in [9.17, 15) is 13.5 Å². The van der Waals surface area contributed by atoms with Gasteiger partial charge < -0.3 is 14.6 Å². The van der Waals surface area contributed by atoms with E-state index in [4.69, 9.17) is 9.47 Å². The fraction of sp³-hybridized carbons (Fsp3) is 0.500. The largest absolute Gasteiger partial charge is 0.481 e. The predicted molar refractivity (Wildman–Crippen MR) is 105 cm³/mol. The molecule has 2 aliphatic heterocycles. The maximum atomic E-state index is 13.3. The number of hydrogen-bond acceptors (Lipinski definition) is 7. The third kappa shape index (κ3) is 3.37. The quantitative estimate of drug-likeness (QED) is 0.791. The van der Waals surface area contributed by atoms with Crippen molar-refractivity contribution in [2.24, 2.45) is 0 Å². The lowest BCUT2D eigenvalue weighted by atomic mass is 9.82. The number of methoxy groups -OCH3 is 2. The Morgan fingerprint density at radius 2 is 1.72 bits per heavy atom. The SMILES string of the molecule is COc1ncc(C2(O)C[C@H]3CC[C@H](C2)N3S(=O)(=O)c2ccc(C)cc2)c(OC)n1. The van der Waals surface area contributed by atoms with E-state index in [1.165, 1.54) is 20.4 Å². The van der Waals surface area contributed by atoms with Gasteiger partial charge in [-0.3, -0.25) is 0 Å². The van der Waals surface area contributed by atoms with Gasteiger partial charge in [0.25, 0.3) is 0 Å². The first-order valence-corrected chi connectivity index (χ1v) is 11.0. The summed E-state index contributed by atoms with van der Waals surface area (Å²) in [6.45, 7) is 1.92. The summed E-state index contributed by atoms with van der Waals surface area (Å²) in [7, 11) is -0.705. The molecule has 0 radical (unpaired) electrons. The van der Waals surface area contributed by atoms with Crippen molar-refractivity contribution in [1.29, 1.82) is 0 Å². The summed E-state index contributed by atoms with van der Waals surface area (Å²) in [6, 6.07) is 6.45. The Bertz CT molecular complexity index is 995. The molecule has 2 bridgehead atoms. The predicted octanol–water partition coefficient (Wildman–Crippen LogP) is 2.01. The highest BCUT2D eigenvalue weighted by atomic mass is 32.2. The molecular weight excluding hydrogens is 394 g/mol. The molecule has 29 heavy (non-hydrogen) atoms. The third-order valence-electron chi connectivity index (χ3n) is 5.90. The molecule has 2 aromatic rings. The standard InChI is InChI=1S/C20H25N3O5S/c1-13-4-8-16(9-5-13)29(25,26)23-14-6-7-15(23)11-20(24,10-14)17-12-21-19(28-3)22-18(17)27-2/h4-5,8-9,12,14-15,24H,6-7,10-11H2,1-3H3/t14-,15-/m1/s1. The van der Waals surface area contributed by atoms with Gasteiger partial charge in [-0.2, -0.15) is 9.29 Å². The van der Waals surface area contributed by atoms with Gasteiger partial charge in [-0.25, -0.2) is 13.4 Å². The summed E-state index contributed by atoms with van der Waals surface area (Å²) in [6.07, 6.45) is 3.45. The fourth-order valence-electron chi connectivity index (χ4n) is 4.55. The van der Waals surface area contributed by atoms with Crippen molar-refractivity contribution in [3.63, 3.8) is 0 Å². The van der Waals surface area contributed by atoms with Crippen LogP contribution in [-0.4, -0.2) is 54.1 Å². The van der Waals surface area contributed by atoms with E-state index >= 15 is 0 Å². The molecule has 1 aromatic heterocycles. The van der Waals surface area contributed by atoms with E-state index in [1.807, 2.05) is 6.92 Å². The van der Waals surface area contributed by atoms with Crippen LogP contribution in [0.25, 0.3) is 0 Å². The Kier molecular flexibility index (Phi) is 5.00. The van der Waals surface area contributed by atoms with Crippen LogP contribution in [0.15, 0.2) is 35.4 Å². The maximum Gasteiger partial charge on any atom is 0.319 e. The molecule has 0 aliphatic carbocycles. The lowest BCUT2D eigenvalue weighted by Crippen LogP contribution is -2.52. The molecule has 8 nitrogen and oxygen atoms in total. The van der Waals surface area contributed by atoms with Gasteiger partial charge in [-0.1, -0.05) is 17.7 Å². The Morgan fingerprint density at radius 1 is 1.10 bits per heavy atom. The Hall–Kier alpha value is -2.23. The van der Waals surface area contributed by atoms with Crippen LogP contribution in [-0.2, 0) is 15.6 Å². The second-order valence-electron chi connectivity index (χ2n) is 7.75. The fourth-order valence-corrected chi connectivity index (χ4v) is 6.42. The first-order chi connectivity index (χ1) is 13.8. The number of piperidine rings is 1. The summed E-state index contributed by atoms with van der Waals surface area (Å²) in [4.78, 5) is 8.58. The maximum absolute atomic E-state index is 13.3. The van der Waals surface area contributed by atoms with Gasteiger partial charge in [0.05, 0.1) is 30.3 Å². The lowest BCUT2D eigenvalue weighted by Gasteiger charge is -2.43. The average molecular weight is 420 g/mol. The van der Waals surface area contributed by atoms with Crippen molar-refractivity contribution in [3.05, 3.63) is 41.6 Å². The topological polar surface area (TPSA) is 102 Å². The second kappa shape index (κ2) is 7.23. The van der Waals surface area contributed by atoms with E-state index in [2.05, 4.69) is 9.97 Å². The molecule has 4 rings (SSSR count). The van der Waals surface area contributed by atoms with Gasteiger partial charge >= 0.3 is 6.01 Å². The zero-order chi connectivity index (χ0) is 20.8. The molecule has 2 atom stereocenters. The molecule has 9 heteroatoms. The first-order valence-electron chi connectivity index (χ1n) is 9.56. The van der Waals surface area contributed by atoms with Crippen molar-refractivity contribution in [2.45, 2.75) is 55.2 Å². The van der Waals surface area contributed by atoms with Gasteiger partial charge in [0.2, 0.25) is 15.9 Å². The molecule has 2 aliphatic rings. The van der Waals surface area contributed by atoms with Crippen molar-refractivity contribution in [1.82, 2.24) is 14.3 Å². The normalized spacial score (nSPS) is 27.0. The van der Waals surface area contributed by atoms with E-state index in [0.29, 0.717) is 18.4 Å². The van der Waals surface area contributed by atoms with Crippen LogP contribution < -0.4 is 9.47 Å².